The fourth-order valence-electron chi connectivity index (χ4n) is 2.81. The molecule has 0 saturated carbocycles. The van der Waals surface area contributed by atoms with E-state index in [0.717, 1.165) is 19.3 Å². The molecule has 0 spiro atoms. The number of nitrogens with zero attached hydrogens (tertiary/aromatic N) is 2. The summed E-state index contributed by atoms with van der Waals surface area (Å²) in [5.41, 5.74) is 6.04. The highest BCUT2D eigenvalue weighted by Gasteiger charge is 2.29. The summed E-state index contributed by atoms with van der Waals surface area (Å²) in [5, 5.41) is 0. The molecule has 23 heavy (non-hydrogen) atoms. The smallest absolute Gasteiger partial charge is 0.225 e. The van der Waals surface area contributed by atoms with Crippen LogP contribution in [0.5, 0.6) is 0 Å². The molecular weight excluding hydrogens is 314 g/mol. The van der Waals surface area contributed by atoms with Crippen molar-refractivity contribution in [2.45, 2.75) is 53.0 Å². The summed E-state index contributed by atoms with van der Waals surface area (Å²) in [6.45, 7) is 10.2. The Balaban J connectivity index is 0.00000484. The number of piperidine rings is 1. The SMILES string of the molecule is CC(C)C(=O)N1CCC(C(=O)N(C)CCC(N)C(C)C)CC1.Cl. The molecule has 0 aromatic carbocycles. The Morgan fingerprint density at radius 3 is 2.13 bits per heavy atom. The molecule has 1 saturated heterocycles. The average Bonchev–Trinajstić information content (AvgIpc) is 2.50. The molecule has 5 nitrogen and oxygen atoms in total. The van der Waals surface area contributed by atoms with E-state index in [1.54, 1.807) is 0 Å². The monoisotopic (exact) mass is 347 g/mol. The lowest BCUT2D eigenvalue weighted by atomic mass is 9.94. The zero-order chi connectivity index (χ0) is 16.9. The first-order valence-corrected chi connectivity index (χ1v) is 8.53. The van der Waals surface area contributed by atoms with Crippen molar-refractivity contribution < 1.29 is 9.59 Å². The minimum Gasteiger partial charge on any atom is -0.345 e. The predicted octanol–water partition coefficient (Wildman–Crippen LogP) is 2.13. The van der Waals surface area contributed by atoms with Crippen molar-refractivity contribution >= 4 is 24.2 Å². The van der Waals surface area contributed by atoms with Crippen molar-refractivity contribution in [3.63, 3.8) is 0 Å². The predicted molar refractivity (Wildman–Crippen MR) is 96.5 cm³/mol. The highest BCUT2D eigenvalue weighted by atomic mass is 35.5. The van der Waals surface area contributed by atoms with E-state index in [2.05, 4.69) is 13.8 Å². The lowest BCUT2D eigenvalue weighted by molar-refractivity contribution is -0.141. The largest absolute Gasteiger partial charge is 0.345 e. The fraction of sp³-hybridized carbons (Fsp3) is 0.882. The molecule has 6 heteroatoms. The van der Waals surface area contributed by atoms with Gasteiger partial charge in [0, 0.05) is 44.6 Å². The lowest BCUT2D eigenvalue weighted by Crippen LogP contribution is -2.45. The molecule has 0 aromatic heterocycles. The summed E-state index contributed by atoms with van der Waals surface area (Å²) < 4.78 is 0. The van der Waals surface area contributed by atoms with Crippen LogP contribution in [0.15, 0.2) is 0 Å². The second-order valence-corrected chi connectivity index (χ2v) is 7.21. The Morgan fingerprint density at radius 2 is 1.70 bits per heavy atom. The van der Waals surface area contributed by atoms with Crippen LogP contribution < -0.4 is 5.73 Å². The van der Waals surface area contributed by atoms with E-state index in [9.17, 15) is 9.59 Å². The van der Waals surface area contributed by atoms with Crippen molar-refractivity contribution in [1.82, 2.24) is 9.80 Å². The van der Waals surface area contributed by atoms with Gasteiger partial charge in [-0.2, -0.15) is 0 Å². The Bertz CT molecular complexity index is 380. The van der Waals surface area contributed by atoms with Crippen molar-refractivity contribution in [3.05, 3.63) is 0 Å². The molecule has 1 aliphatic heterocycles. The zero-order valence-electron chi connectivity index (χ0n) is 15.2. The van der Waals surface area contributed by atoms with Gasteiger partial charge in [-0.15, -0.1) is 12.4 Å². The van der Waals surface area contributed by atoms with Crippen LogP contribution in [-0.4, -0.2) is 54.3 Å². The standard InChI is InChI=1S/C17H33N3O2.ClH/c1-12(2)15(18)8-9-19(5)17(22)14-6-10-20(11-7-14)16(21)13(3)4;/h12-15H,6-11,18H2,1-5H3;1H. The summed E-state index contributed by atoms with van der Waals surface area (Å²) in [6, 6.07) is 0.140. The Morgan fingerprint density at radius 1 is 1.17 bits per heavy atom. The first-order valence-electron chi connectivity index (χ1n) is 8.53. The molecule has 0 bridgehead atoms. The molecule has 1 fully saturated rings. The topological polar surface area (TPSA) is 66.6 Å². The normalized spacial score (nSPS) is 17.1. The van der Waals surface area contributed by atoms with Crippen LogP contribution >= 0.6 is 12.4 Å². The molecule has 1 heterocycles. The van der Waals surface area contributed by atoms with Gasteiger partial charge in [0.25, 0.3) is 0 Å². The van der Waals surface area contributed by atoms with Gasteiger partial charge < -0.3 is 15.5 Å². The lowest BCUT2D eigenvalue weighted by Gasteiger charge is -2.34. The van der Waals surface area contributed by atoms with E-state index in [1.807, 2.05) is 30.7 Å². The van der Waals surface area contributed by atoms with Crippen molar-refractivity contribution in [3.8, 4) is 0 Å². The summed E-state index contributed by atoms with van der Waals surface area (Å²) in [5.74, 6) is 0.924. The minimum absolute atomic E-state index is 0. The number of amides is 2. The summed E-state index contributed by atoms with van der Waals surface area (Å²) in [6.07, 6.45) is 2.39. The molecule has 0 aromatic rings. The van der Waals surface area contributed by atoms with E-state index >= 15 is 0 Å². The number of carbonyl (C=O) groups excluding carboxylic acids is 2. The molecule has 0 aliphatic carbocycles. The van der Waals surface area contributed by atoms with Crippen LogP contribution in [0.1, 0.15) is 47.0 Å². The maximum atomic E-state index is 12.5. The number of hydrogen-bond acceptors (Lipinski definition) is 3. The highest BCUT2D eigenvalue weighted by Crippen LogP contribution is 2.21. The van der Waals surface area contributed by atoms with E-state index in [1.165, 1.54) is 0 Å². The van der Waals surface area contributed by atoms with E-state index in [-0.39, 0.29) is 42.1 Å². The van der Waals surface area contributed by atoms with Gasteiger partial charge in [0.05, 0.1) is 0 Å². The highest BCUT2D eigenvalue weighted by molar-refractivity contribution is 5.85. The number of likely N-dealkylation sites (tertiary alicyclic amines) is 1. The third-order valence-corrected chi connectivity index (χ3v) is 4.68. The minimum atomic E-state index is 0. The van der Waals surface area contributed by atoms with Crippen LogP contribution in [0, 0.1) is 17.8 Å². The van der Waals surface area contributed by atoms with E-state index in [0.29, 0.717) is 25.6 Å². The van der Waals surface area contributed by atoms with Gasteiger partial charge in [-0.05, 0) is 25.2 Å². The summed E-state index contributed by atoms with van der Waals surface area (Å²) in [7, 11) is 1.86. The number of hydrogen-bond donors (Lipinski definition) is 1. The first-order chi connectivity index (χ1) is 10.2. The Kier molecular flexibility index (Phi) is 9.78. The third kappa shape index (κ3) is 6.68. The van der Waals surface area contributed by atoms with Crippen LogP contribution in [0.2, 0.25) is 0 Å². The second kappa shape index (κ2) is 10.1. The number of nitrogens with two attached hydrogens (primary N) is 1. The summed E-state index contributed by atoms with van der Waals surface area (Å²) >= 11 is 0. The van der Waals surface area contributed by atoms with Crippen LogP contribution in [0.25, 0.3) is 0 Å². The molecule has 1 aliphatic rings. The third-order valence-electron chi connectivity index (χ3n) is 4.68. The number of halogens is 1. The summed E-state index contributed by atoms with van der Waals surface area (Å²) in [4.78, 5) is 28.1. The fourth-order valence-corrected chi connectivity index (χ4v) is 2.81. The molecule has 1 atom stereocenters. The van der Waals surface area contributed by atoms with E-state index < -0.39 is 0 Å². The first kappa shape index (κ1) is 22.2. The average molecular weight is 348 g/mol. The second-order valence-electron chi connectivity index (χ2n) is 7.21. The molecule has 1 rings (SSSR count). The van der Waals surface area contributed by atoms with Crippen LogP contribution in [0.4, 0.5) is 0 Å². The molecule has 2 N–H and O–H groups in total. The maximum Gasteiger partial charge on any atom is 0.225 e. The van der Waals surface area contributed by atoms with Gasteiger partial charge >= 0.3 is 0 Å². The van der Waals surface area contributed by atoms with Gasteiger partial charge in [-0.25, -0.2) is 0 Å². The molecular formula is C17H34ClN3O2. The van der Waals surface area contributed by atoms with Crippen molar-refractivity contribution in [2.75, 3.05) is 26.7 Å². The van der Waals surface area contributed by atoms with E-state index in [4.69, 9.17) is 5.73 Å². The quantitative estimate of drug-likeness (QED) is 0.800. The molecule has 136 valence electrons. The van der Waals surface area contributed by atoms with Crippen LogP contribution in [0.3, 0.4) is 0 Å². The zero-order valence-corrected chi connectivity index (χ0v) is 16.1. The Hall–Kier alpha value is -0.810. The number of carbonyl (C=O) groups is 2. The van der Waals surface area contributed by atoms with Gasteiger partial charge in [0.15, 0.2) is 0 Å². The van der Waals surface area contributed by atoms with Gasteiger partial charge in [0.1, 0.15) is 0 Å². The van der Waals surface area contributed by atoms with Gasteiger partial charge in [0.2, 0.25) is 11.8 Å². The Labute approximate surface area is 147 Å². The van der Waals surface area contributed by atoms with Gasteiger partial charge in [-0.3, -0.25) is 9.59 Å². The van der Waals surface area contributed by atoms with Crippen LogP contribution in [-0.2, 0) is 9.59 Å². The molecule has 2 amide bonds. The maximum absolute atomic E-state index is 12.5. The van der Waals surface area contributed by atoms with Crippen molar-refractivity contribution in [1.29, 1.82) is 0 Å². The molecule has 0 radical (unpaired) electrons. The molecule has 1 unspecified atom stereocenters. The van der Waals surface area contributed by atoms with Gasteiger partial charge in [-0.1, -0.05) is 27.7 Å². The van der Waals surface area contributed by atoms with Crippen molar-refractivity contribution in [2.24, 2.45) is 23.5 Å². The number of rotatable bonds is 6.